The lowest BCUT2D eigenvalue weighted by atomic mass is 10.1. The third-order valence-electron chi connectivity index (χ3n) is 4.24. The Kier molecular flexibility index (Phi) is 5.67. The van der Waals surface area contributed by atoms with Gasteiger partial charge in [0.2, 0.25) is 0 Å². The summed E-state index contributed by atoms with van der Waals surface area (Å²) >= 11 is 10.2. The van der Waals surface area contributed by atoms with E-state index in [1.54, 1.807) is 18.2 Å². The van der Waals surface area contributed by atoms with Crippen LogP contribution in [0.1, 0.15) is 4.88 Å². The predicted molar refractivity (Wildman–Crippen MR) is 109 cm³/mol. The highest BCUT2D eigenvalue weighted by Gasteiger charge is 2.31. The minimum absolute atomic E-state index is 0.0158. The standard InChI is InChI=1S/C19H10BrClF3N3O3S/c20-11-5-10(6-12(7-11)30-19(22,23)24)15-16(28)26-4-2-1-3-14(26)27(17(15)29)9-13-8-25-18(21)31-13/h1-8H,9H2. The molecule has 3 heterocycles. The van der Waals surface area contributed by atoms with Crippen LogP contribution in [0.3, 0.4) is 0 Å². The number of nitrogens with zero attached hydrogens (tertiary/aromatic N) is 3. The fourth-order valence-electron chi connectivity index (χ4n) is 3.09. The highest BCUT2D eigenvalue weighted by molar-refractivity contribution is 9.10. The second-order valence-corrected chi connectivity index (χ2v) is 8.92. The Hall–Kier alpha value is -2.63. The van der Waals surface area contributed by atoms with E-state index in [1.165, 1.54) is 38.8 Å². The number of hydrogen-bond acceptors (Lipinski definition) is 5. The molecule has 4 rings (SSSR count). The molecule has 6 nitrogen and oxygen atoms in total. The van der Waals surface area contributed by atoms with Crippen LogP contribution >= 0.6 is 38.9 Å². The van der Waals surface area contributed by atoms with Gasteiger partial charge in [0.25, 0.3) is 5.65 Å². The van der Waals surface area contributed by atoms with E-state index in [4.69, 9.17) is 11.6 Å². The quantitative estimate of drug-likeness (QED) is 0.371. The molecule has 0 atom stereocenters. The van der Waals surface area contributed by atoms with E-state index >= 15 is 0 Å². The van der Waals surface area contributed by atoms with E-state index in [1.807, 2.05) is 0 Å². The summed E-state index contributed by atoms with van der Waals surface area (Å²) in [5.41, 5.74) is -0.673. The van der Waals surface area contributed by atoms with Gasteiger partial charge < -0.3 is 9.84 Å². The molecule has 0 spiro atoms. The van der Waals surface area contributed by atoms with Crippen molar-refractivity contribution in [1.29, 1.82) is 0 Å². The van der Waals surface area contributed by atoms with Gasteiger partial charge in [-0.25, -0.2) is 14.3 Å². The van der Waals surface area contributed by atoms with Crippen LogP contribution in [-0.2, 0) is 6.54 Å². The van der Waals surface area contributed by atoms with E-state index in [9.17, 15) is 23.1 Å². The van der Waals surface area contributed by atoms with Crippen molar-refractivity contribution < 1.29 is 27.6 Å². The Balaban J connectivity index is 1.96. The normalized spacial score (nSPS) is 11.8. The monoisotopic (exact) mass is 531 g/mol. The van der Waals surface area contributed by atoms with E-state index in [0.717, 1.165) is 12.1 Å². The molecule has 0 saturated heterocycles. The predicted octanol–water partition coefficient (Wildman–Crippen LogP) is 4.15. The number of alkyl halides is 3. The van der Waals surface area contributed by atoms with Crippen LogP contribution in [0.5, 0.6) is 11.6 Å². The first-order valence-electron chi connectivity index (χ1n) is 8.53. The molecule has 0 aliphatic carbocycles. The van der Waals surface area contributed by atoms with Gasteiger partial charge in [0.05, 0.1) is 17.0 Å². The summed E-state index contributed by atoms with van der Waals surface area (Å²) in [6, 6.07) is 8.33. The van der Waals surface area contributed by atoms with Crippen LogP contribution in [0.25, 0.3) is 16.8 Å². The van der Waals surface area contributed by atoms with Crippen LogP contribution in [0.15, 0.2) is 58.1 Å². The zero-order valence-corrected chi connectivity index (χ0v) is 18.3. The van der Waals surface area contributed by atoms with Crippen LogP contribution < -0.4 is 20.0 Å². The molecule has 0 N–H and O–H groups in total. The largest absolute Gasteiger partial charge is 0.842 e. The topological polar surface area (TPSA) is 70.5 Å². The fourth-order valence-corrected chi connectivity index (χ4v) is 4.53. The number of ether oxygens (including phenoxy) is 1. The van der Waals surface area contributed by atoms with Crippen molar-refractivity contribution >= 4 is 44.5 Å². The van der Waals surface area contributed by atoms with Crippen molar-refractivity contribution in [3.8, 4) is 22.8 Å². The average Bonchev–Trinajstić information content (AvgIpc) is 3.08. The van der Waals surface area contributed by atoms with Crippen LogP contribution in [0, 0.1) is 0 Å². The molecule has 0 saturated carbocycles. The maximum atomic E-state index is 13.3. The van der Waals surface area contributed by atoms with Gasteiger partial charge in [-0.1, -0.05) is 33.6 Å². The molecule has 0 fully saturated rings. The molecule has 31 heavy (non-hydrogen) atoms. The molecule has 0 aliphatic rings. The minimum atomic E-state index is -4.93. The minimum Gasteiger partial charge on any atom is -0.842 e. The highest BCUT2D eigenvalue weighted by atomic mass is 79.9. The van der Waals surface area contributed by atoms with Gasteiger partial charge in [-0.05, 0) is 29.8 Å². The van der Waals surface area contributed by atoms with Gasteiger partial charge in [0, 0.05) is 16.7 Å². The Morgan fingerprint density at radius 2 is 2.06 bits per heavy atom. The van der Waals surface area contributed by atoms with Crippen molar-refractivity contribution in [2.75, 3.05) is 0 Å². The van der Waals surface area contributed by atoms with Crippen LogP contribution in [0.2, 0.25) is 4.47 Å². The number of thiazole rings is 1. The first-order chi connectivity index (χ1) is 14.6. The van der Waals surface area contributed by atoms with Gasteiger partial charge >= 0.3 is 11.9 Å². The summed E-state index contributed by atoms with van der Waals surface area (Å²) in [4.78, 5) is 17.7. The summed E-state index contributed by atoms with van der Waals surface area (Å²) in [6.07, 6.45) is -1.94. The third-order valence-corrected chi connectivity index (χ3v) is 5.80. The summed E-state index contributed by atoms with van der Waals surface area (Å²) in [6.45, 7) is 0.0733. The number of benzene rings is 1. The smallest absolute Gasteiger partial charge is 0.573 e. The maximum absolute atomic E-state index is 13.3. The molecule has 0 amide bonds. The first kappa shape index (κ1) is 21.6. The van der Waals surface area contributed by atoms with E-state index in [-0.39, 0.29) is 22.1 Å². The Morgan fingerprint density at radius 1 is 1.29 bits per heavy atom. The summed E-state index contributed by atoms with van der Waals surface area (Å²) < 4.78 is 45.2. The number of fused-ring (bicyclic) bond motifs is 1. The molecule has 4 aromatic rings. The van der Waals surface area contributed by atoms with Crippen LogP contribution in [0.4, 0.5) is 13.2 Å². The van der Waals surface area contributed by atoms with Crippen molar-refractivity contribution in [3.05, 3.63) is 73.0 Å². The number of rotatable bonds is 4. The van der Waals surface area contributed by atoms with E-state index in [0.29, 0.717) is 15.0 Å². The van der Waals surface area contributed by atoms with Crippen molar-refractivity contribution in [1.82, 2.24) is 9.38 Å². The van der Waals surface area contributed by atoms with Crippen molar-refractivity contribution in [2.24, 2.45) is 0 Å². The van der Waals surface area contributed by atoms with Crippen molar-refractivity contribution in [3.63, 3.8) is 0 Å². The number of pyridine rings is 1. The molecule has 160 valence electrons. The van der Waals surface area contributed by atoms with Crippen LogP contribution in [-0.4, -0.2) is 15.7 Å². The third kappa shape index (κ3) is 4.53. The van der Waals surface area contributed by atoms with Gasteiger partial charge in [0.15, 0.2) is 4.47 Å². The summed E-state index contributed by atoms with van der Waals surface area (Å²) in [5, 5.41) is 13.3. The molecule has 0 radical (unpaired) electrons. The zero-order valence-electron chi connectivity index (χ0n) is 15.2. The molecule has 0 bridgehead atoms. The summed E-state index contributed by atoms with van der Waals surface area (Å²) in [5.74, 6) is -1.23. The second-order valence-electron chi connectivity index (χ2n) is 6.30. The zero-order chi connectivity index (χ0) is 22.3. The molecular weight excluding hydrogens is 523 g/mol. The van der Waals surface area contributed by atoms with Gasteiger partial charge in [-0.15, -0.1) is 24.5 Å². The van der Waals surface area contributed by atoms with Crippen molar-refractivity contribution in [2.45, 2.75) is 12.9 Å². The molecule has 1 aromatic carbocycles. The summed E-state index contributed by atoms with van der Waals surface area (Å²) in [7, 11) is 0. The molecule has 12 heteroatoms. The van der Waals surface area contributed by atoms with Gasteiger partial charge in [0.1, 0.15) is 17.9 Å². The lowest BCUT2D eigenvalue weighted by Crippen LogP contribution is -2.44. The average molecular weight is 533 g/mol. The Labute approximate surface area is 189 Å². The first-order valence-corrected chi connectivity index (χ1v) is 10.5. The Bertz CT molecular complexity index is 1360. The SMILES string of the molecule is O=c1c(-c2cc(Br)cc(OC(F)(F)F)c2)c([O-])[n+](Cc2cnc(Cl)s2)c2ccccn12. The molecule has 0 aliphatic heterocycles. The molecule has 3 aromatic heterocycles. The highest BCUT2D eigenvalue weighted by Crippen LogP contribution is 2.32. The van der Waals surface area contributed by atoms with E-state index in [2.05, 4.69) is 25.7 Å². The second kappa shape index (κ2) is 8.13. The number of hydrogen-bond donors (Lipinski definition) is 0. The maximum Gasteiger partial charge on any atom is 0.573 e. The molecule has 0 unspecified atom stereocenters. The van der Waals surface area contributed by atoms with Gasteiger partial charge in [-0.3, -0.25) is 0 Å². The fraction of sp³-hybridized carbons (Fsp3) is 0.105. The van der Waals surface area contributed by atoms with Gasteiger partial charge in [-0.2, -0.15) is 4.40 Å². The lowest BCUT2D eigenvalue weighted by Gasteiger charge is -2.17. The lowest BCUT2D eigenvalue weighted by molar-refractivity contribution is -0.707. The number of aromatic nitrogens is 3. The van der Waals surface area contributed by atoms with E-state index < -0.39 is 23.6 Å². The Morgan fingerprint density at radius 3 is 2.74 bits per heavy atom. The molecular formula is C19H10BrClF3N3O3S. The number of halogens is 5.